The molecule has 0 aromatic heterocycles. The maximum Gasteiger partial charge on any atom is 0.310 e. The molecule has 128 valence electrons. The fourth-order valence-electron chi connectivity index (χ4n) is 2.14. The Bertz CT molecular complexity index is 517. The average molecular weight is 323 g/mol. The van der Waals surface area contributed by atoms with Crippen LogP contribution in [-0.2, 0) is 20.7 Å². The minimum absolute atomic E-state index is 0.138. The number of hydrogen-bond donors (Lipinski definition) is 1. The van der Waals surface area contributed by atoms with E-state index in [1.54, 1.807) is 13.0 Å². The second kappa shape index (κ2) is 9.84. The van der Waals surface area contributed by atoms with E-state index in [-0.39, 0.29) is 32.2 Å². The predicted molar refractivity (Wildman–Crippen MR) is 86.2 cm³/mol. The van der Waals surface area contributed by atoms with Crippen molar-refractivity contribution < 1.29 is 24.2 Å². The summed E-state index contributed by atoms with van der Waals surface area (Å²) in [6.45, 7) is 3.74. The highest BCUT2D eigenvalue weighted by molar-refractivity contribution is 5.79. The van der Waals surface area contributed by atoms with Crippen molar-refractivity contribution in [1.29, 1.82) is 0 Å². The molecule has 0 aliphatic rings. The monoisotopic (exact) mass is 323 g/mol. The highest BCUT2D eigenvalue weighted by Gasteiger charge is 2.21. The molecule has 0 aliphatic heterocycles. The van der Waals surface area contributed by atoms with Crippen molar-refractivity contribution in [2.45, 2.75) is 20.3 Å². The standard InChI is InChI=1S/C17H25NO5/c1-4-14-6-5-7-15(10-14)23-12-16(20)18(8-9-19)11-13(2)17(21)22-3/h5-7,10,13,19H,4,8-9,11-12H2,1-3H3. The maximum absolute atomic E-state index is 12.2. The first kappa shape index (κ1) is 19.0. The van der Waals surface area contributed by atoms with Crippen molar-refractivity contribution >= 4 is 11.9 Å². The fraction of sp³-hybridized carbons (Fsp3) is 0.529. The summed E-state index contributed by atoms with van der Waals surface area (Å²) in [4.78, 5) is 25.1. The van der Waals surface area contributed by atoms with E-state index in [9.17, 15) is 9.59 Å². The molecule has 1 atom stereocenters. The van der Waals surface area contributed by atoms with Gasteiger partial charge in [-0.05, 0) is 24.1 Å². The van der Waals surface area contributed by atoms with Crippen LogP contribution in [0.15, 0.2) is 24.3 Å². The molecule has 0 saturated heterocycles. The van der Waals surface area contributed by atoms with Gasteiger partial charge in [-0.15, -0.1) is 0 Å². The van der Waals surface area contributed by atoms with Gasteiger partial charge in [-0.25, -0.2) is 0 Å². The Labute approximate surface area is 137 Å². The normalized spacial score (nSPS) is 11.7. The number of carbonyl (C=O) groups is 2. The van der Waals surface area contributed by atoms with Gasteiger partial charge in [-0.2, -0.15) is 0 Å². The van der Waals surface area contributed by atoms with Crippen LogP contribution in [0.1, 0.15) is 19.4 Å². The zero-order valence-corrected chi connectivity index (χ0v) is 13.9. The molecule has 0 aliphatic carbocycles. The molecule has 0 spiro atoms. The van der Waals surface area contributed by atoms with Gasteiger partial charge in [0.2, 0.25) is 0 Å². The minimum Gasteiger partial charge on any atom is -0.484 e. The van der Waals surface area contributed by atoms with E-state index >= 15 is 0 Å². The number of carbonyl (C=O) groups excluding carboxylic acids is 2. The first-order valence-corrected chi connectivity index (χ1v) is 7.70. The molecule has 0 fully saturated rings. The Balaban J connectivity index is 2.61. The van der Waals surface area contributed by atoms with Gasteiger partial charge < -0.3 is 19.5 Å². The molecule has 1 rings (SSSR count). The molecule has 1 N–H and O–H groups in total. The lowest BCUT2D eigenvalue weighted by Gasteiger charge is -2.24. The summed E-state index contributed by atoms with van der Waals surface area (Å²) >= 11 is 0. The Morgan fingerprint density at radius 2 is 2.09 bits per heavy atom. The van der Waals surface area contributed by atoms with E-state index in [1.807, 2.05) is 25.1 Å². The number of aliphatic hydroxyl groups excluding tert-OH is 1. The SMILES string of the molecule is CCc1cccc(OCC(=O)N(CCO)CC(C)C(=O)OC)c1. The van der Waals surface area contributed by atoms with Crippen LogP contribution < -0.4 is 4.74 Å². The molecule has 0 radical (unpaired) electrons. The van der Waals surface area contributed by atoms with Crippen LogP contribution in [0.4, 0.5) is 0 Å². The lowest BCUT2D eigenvalue weighted by Crippen LogP contribution is -2.41. The van der Waals surface area contributed by atoms with Gasteiger partial charge in [-0.1, -0.05) is 26.0 Å². The van der Waals surface area contributed by atoms with E-state index in [0.29, 0.717) is 5.75 Å². The molecule has 1 aromatic carbocycles. The highest BCUT2D eigenvalue weighted by atomic mass is 16.5. The predicted octanol–water partition coefficient (Wildman–Crippen LogP) is 1.26. The van der Waals surface area contributed by atoms with Crippen molar-refractivity contribution in [1.82, 2.24) is 4.90 Å². The third kappa shape index (κ3) is 6.28. The van der Waals surface area contributed by atoms with Crippen LogP contribution in [0.5, 0.6) is 5.75 Å². The van der Waals surface area contributed by atoms with Crippen LogP contribution in [-0.4, -0.2) is 55.3 Å². The van der Waals surface area contributed by atoms with E-state index in [2.05, 4.69) is 4.74 Å². The molecule has 6 heteroatoms. The van der Waals surface area contributed by atoms with E-state index in [4.69, 9.17) is 9.84 Å². The highest BCUT2D eigenvalue weighted by Crippen LogP contribution is 2.14. The minimum atomic E-state index is -0.459. The summed E-state index contributed by atoms with van der Waals surface area (Å²) in [6, 6.07) is 7.55. The Morgan fingerprint density at radius 1 is 1.35 bits per heavy atom. The number of nitrogens with zero attached hydrogens (tertiary/aromatic N) is 1. The second-order valence-electron chi connectivity index (χ2n) is 5.28. The third-order valence-corrected chi connectivity index (χ3v) is 3.49. The summed E-state index contributed by atoms with van der Waals surface area (Å²) in [6.07, 6.45) is 0.887. The van der Waals surface area contributed by atoms with Gasteiger partial charge in [0, 0.05) is 13.1 Å². The van der Waals surface area contributed by atoms with Crippen LogP contribution in [0.3, 0.4) is 0 Å². The summed E-state index contributed by atoms with van der Waals surface area (Å²) in [5.41, 5.74) is 1.13. The van der Waals surface area contributed by atoms with Crippen molar-refractivity contribution in [3.8, 4) is 5.75 Å². The zero-order chi connectivity index (χ0) is 17.2. The molecular formula is C17H25NO5. The lowest BCUT2D eigenvalue weighted by atomic mass is 10.1. The van der Waals surface area contributed by atoms with Gasteiger partial charge in [-0.3, -0.25) is 9.59 Å². The Hall–Kier alpha value is -2.08. The van der Waals surface area contributed by atoms with Crippen molar-refractivity contribution in [3.63, 3.8) is 0 Å². The first-order chi connectivity index (χ1) is 11.0. The Kier molecular flexibility index (Phi) is 8.11. The maximum atomic E-state index is 12.2. The zero-order valence-electron chi connectivity index (χ0n) is 13.9. The van der Waals surface area contributed by atoms with Crippen LogP contribution in [0, 0.1) is 5.92 Å². The van der Waals surface area contributed by atoms with Crippen LogP contribution in [0.2, 0.25) is 0 Å². The molecular weight excluding hydrogens is 298 g/mol. The van der Waals surface area contributed by atoms with E-state index in [0.717, 1.165) is 12.0 Å². The summed E-state index contributed by atoms with van der Waals surface area (Å²) in [7, 11) is 1.31. The number of benzene rings is 1. The van der Waals surface area contributed by atoms with Gasteiger partial charge in [0.05, 0.1) is 19.6 Å². The molecule has 6 nitrogen and oxygen atoms in total. The van der Waals surface area contributed by atoms with Gasteiger partial charge >= 0.3 is 5.97 Å². The molecule has 1 aromatic rings. The van der Waals surface area contributed by atoms with E-state index in [1.165, 1.54) is 12.0 Å². The summed E-state index contributed by atoms with van der Waals surface area (Å²) in [5.74, 6) is -0.504. The molecule has 23 heavy (non-hydrogen) atoms. The fourth-order valence-corrected chi connectivity index (χ4v) is 2.14. The number of methoxy groups -OCH3 is 1. The number of amides is 1. The topological polar surface area (TPSA) is 76.1 Å². The first-order valence-electron chi connectivity index (χ1n) is 7.70. The molecule has 0 heterocycles. The van der Waals surface area contributed by atoms with E-state index < -0.39 is 11.9 Å². The number of esters is 1. The third-order valence-electron chi connectivity index (χ3n) is 3.49. The van der Waals surface area contributed by atoms with Gasteiger partial charge in [0.1, 0.15) is 5.75 Å². The van der Waals surface area contributed by atoms with Crippen molar-refractivity contribution in [3.05, 3.63) is 29.8 Å². The van der Waals surface area contributed by atoms with Crippen molar-refractivity contribution in [2.75, 3.05) is 33.4 Å². The largest absolute Gasteiger partial charge is 0.484 e. The van der Waals surface area contributed by atoms with Crippen LogP contribution in [0.25, 0.3) is 0 Å². The summed E-state index contributed by atoms with van der Waals surface area (Å²) < 4.78 is 10.2. The Morgan fingerprint density at radius 3 is 2.70 bits per heavy atom. The molecule has 1 unspecified atom stereocenters. The lowest BCUT2D eigenvalue weighted by molar-refractivity contribution is -0.146. The average Bonchev–Trinajstić information content (AvgIpc) is 2.58. The van der Waals surface area contributed by atoms with Crippen molar-refractivity contribution in [2.24, 2.45) is 5.92 Å². The number of hydrogen-bond acceptors (Lipinski definition) is 5. The number of rotatable bonds is 9. The number of aryl methyl sites for hydroxylation is 1. The second-order valence-corrected chi connectivity index (χ2v) is 5.28. The summed E-state index contributed by atoms with van der Waals surface area (Å²) in [5, 5.41) is 9.10. The van der Waals surface area contributed by atoms with Crippen LogP contribution >= 0.6 is 0 Å². The number of ether oxygens (including phenoxy) is 2. The number of aliphatic hydroxyl groups is 1. The quantitative estimate of drug-likeness (QED) is 0.692. The smallest absolute Gasteiger partial charge is 0.310 e. The molecule has 1 amide bonds. The van der Waals surface area contributed by atoms with Gasteiger partial charge in [0.25, 0.3) is 5.91 Å². The molecule has 0 bridgehead atoms. The molecule has 0 saturated carbocycles. The van der Waals surface area contributed by atoms with Gasteiger partial charge in [0.15, 0.2) is 6.61 Å².